The van der Waals surface area contributed by atoms with Crippen molar-refractivity contribution in [2.45, 2.75) is 13.5 Å². The normalized spacial score (nSPS) is 11.1. The fraction of sp³-hybridized carbons (Fsp3) is 0.214. The van der Waals surface area contributed by atoms with Gasteiger partial charge in [-0.3, -0.25) is 18.6 Å². The molecule has 2 heterocycles. The van der Waals surface area contributed by atoms with Crippen LogP contribution in [0.5, 0.6) is 0 Å². The van der Waals surface area contributed by atoms with Crippen LogP contribution in [-0.4, -0.2) is 26.5 Å². The summed E-state index contributed by atoms with van der Waals surface area (Å²) in [7, 11) is 0. The number of imidazole rings is 1. The van der Waals surface area contributed by atoms with Crippen molar-refractivity contribution in [3.63, 3.8) is 0 Å². The summed E-state index contributed by atoms with van der Waals surface area (Å²) in [6, 6.07) is 7.23. The van der Waals surface area contributed by atoms with E-state index in [-0.39, 0.29) is 18.7 Å². The highest BCUT2D eigenvalue weighted by Crippen LogP contribution is 2.12. The number of fused-ring (bicyclic) bond motifs is 3. The van der Waals surface area contributed by atoms with Gasteiger partial charge in [0.15, 0.2) is 0 Å². The van der Waals surface area contributed by atoms with E-state index in [1.165, 1.54) is 4.57 Å². The van der Waals surface area contributed by atoms with Crippen LogP contribution in [0.15, 0.2) is 41.5 Å². The van der Waals surface area contributed by atoms with Crippen LogP contribution in [0.1, 0.15) is 6.92 Å². The molecule has 0 bridgehead atoms. The minimum Gasteiger partial charge on any atom is -0.465 e. The molecule has 0 aliphatic carbocycles. The molecule has 0 aliphatic rings. The zero-order chi connectivity index (χ0) is 14.1. The minimum absolute atomic E-state index is 0.141. The molecule has 6 nitrogen and oxygen atoms in total. The SMILES string of the molecule is CCOC(=O)Cn1c(=O)c2ccccc2n2ccnc12. The third kappa shape index (κ3) is 1.85. The molecule has 102 valence electrons. The van der Waals surface area contributed by atoms with Crippen molar-refractivity contribution in [2.75, 3.05) is 6.61 Å². The van der Waals surface area contributed by atoms with Crippen LogP contribution >= 0.6 is 0 Å². The number of carbonyl (C=O) groups is 1. The van der Waals surface area contributed by atoms with Crippen LogP contribution < -0.4 is 5.56 Å². The van der Waals surface area contributed by atoms with Gasteiger partial charge in [0.2, 0.25) is 5.78 Å². The molecule has 0 amide bonds. The summed E-state index contributed by atoms with van der Waals surface area (Å²) in [5.74, 6) is -0.0171. The van der Waals surface area contributed by atoms with Gasteiger partial charge in [-0.15, -0.1) is 0 Å². The molecule has 1 aromatic carbocycles. The average Bonchev–Trinajstić information content (AvgIpc) is 2.93. The summed E-state index contributed by atoms with van der Waals surface area (Å²) in [5, 5.41) is 0.544. The summed E-state index contributed by atoms with van der Waals surface area (Å²) in [6.45, 7) is 1.87. The lowest BCUT2D eigenvalue weighted by Crippen LogP contribution is -2.27. The van der Waals surface area contributed by atoms with Crippen molar-refractivity contribution >= 4 is 22.6 Å². The fourth-order valence-electron chi connectivity index (χ4n) is 2.26. The standard InChI is InChI=1S/C14H13N3O3/c1-2-20-12(18)9-17-13(19)10-5-3-4-6-11(10)16-8-7-15-14(16)17/h3-8H,2,9H2,1H3. The summed E-state index contributed by atoms with van der Waals surface area (Å²) >= 11 is 0. The van der Waals surface area contributed by atoms with Crippen molar-refractivity contribution in [1.82, 2.24) is 14.0 Å². The highest BCUT2D eigenvalue weighted by atomic mass is 16.5. The number of carbonyl (C=O) groups excluding carboxylic acids is 1. The summed E-state index contributed by atoms with van der Waals surface area (Å²) in [6.07, 6.45) is 3.36. The fourth-order valence-corrected chi connectivity index (χ4v) is 2.26. The minimum atomic E-state index is -0.449. The van der Waals surface area contributed by atoms with Gasteiger partial charge in [0.05, 0.1) is 17.5 Å². The Morgan fingerprint density at radius 3 is 2.95 bits per heavy atom. The molecule has 0 saturated carbocycles. The third-order valence-electron chi connectivity index (χ3n) is 3.09. The van der Waals surface area contributed by atoms with Crippen molar-refractivity contribution in [2.24, 2.45) is 0 Å². The molecule has 2 aromatic heterocycles. The number of para-hydroxylation sites is 1. The van der Waals surface area contributed by atoms with E-state index < -0.39 is 5.97 Å². The number of ether oxygens (including phenoxy) is 1. The maximum Gasteiger partial charge on any atom is 0.326 e. The molecule has 0 aliphatic heterocycles. The molecule has 0 radical (unpaired) electrons. The van der Waals surface area contributed by atoms with Gasteiger partial charge in [-0.2, -0.15) is 0 Å². The molecular weight excluding hydrogens is 258 g/mol. The smallest absolute Gasteiger partial charge is 0.326 e. The predicted molar refractivity (Wildman–Crippen MR) is 73.6 cm³/mol. The first kappa shape index (κ1) is 12.4. The highest BCUT2D eigenvalue weighted by Gasteiger charge is 2.14. The van der Waals surface area contributed by atoms with Gasteiger partial charge >= 0.3 is 5.97 Å². The number of rotatable bonds is 3. The van der Waals surface area contributed by atoms with E-state index in [1.807, 2.05) is 12.1 Å². The van der Waals surface area contributed by atoms with Gasteiger partial charge in [0.1, 0.15) is 6.54 Å². The molecule has 0 atom stereocenters. The van der Waals surface area contributed by atoms with Crippen molar-refractivity contribution in [1.29, 1.82) is 0 Å². The van der Waals surface area contributed by atoms with Crippen LogP contribution in [0.25, 0.3) is 16.7 Å². The Morgan fingerprint density at radius 2 is 2.15 bits per heavy atom. The number of benzene rings is 1. The quantitative estimate of drug-likeness (QED) is 0.672. The second kappa shape index (κ2) is 4.80. The topological polar surface area (TPSA) is 65.6 Å². The van der Waals surface area contributed by atoms with E-state index >= 15 is 0 Å². The molecule has 6 heteroatoms. The van der Waals surface area contributed by atoms with Crippen molar-refractivity contribution < 1.29 is 9.53 Å². The van der Waals surface area contributed by atoms with Gasteiger partial charge < -0.3 is 4.74 Å². The van der Waals surface area contributed by atoms with Crippen molar-refractivity contribution in [3.8, 4) is 0 Å². The monoisotopic (exact) mass is 271 g/mol. The zero-order valence-corrected chi connectivity index (χ0v) is 10.9. The maximum absolute atomic E-state index is 12.5. The lowest BCUT2D eigenvalue weighted by Gasteiger charge is -2.10. The second-order valence-electron chi connectivity index (χ2n) is 4.31. The number of hydrogen-bond acceptors (Lipinski definition) is 4. The number of esters is 1. The first-order valence-electron chi connectivity index (χ1n) is 6.32. The van der Waals surface area contributed by atoms with E-state index in [4.69, 9.17) is 4.74 Å². The maximum atomic E-state index is 12.5. The molecule has 3 rings (SSSR count). The molecule has 0 unspecified atom stereocenters. The molecular formula is C14H13N3O3. The van der Waals surface area contributed by atoms with E-state index in [9.17, 15) is 9.59 Å². The van der Waals surface area contributed by atoms with Crippen LogP contribution in [0.3, 0.4) is 0 Å². The Morgan fingerprint density at radius 1 is 1.35 bits per heavy atom. The van der Waals surface area contributed by atoms with Crippen LogP contribution in [0, 0.1) is 0 Å². The second-order valence-corrected chi connectivity index (χ2v) is 4.31. The van der Waals surface area contributed by atoms with Crippen LogP contribution in [0.2, 0.25) is 0 Å². The van der Waals surface area contributed by atoms with Crippen LogP contribution in [-0.2, 0) is 16.1 Å². The average molecular weight is 271 g/mol. The Balaban J connectivity index is 2.28. The first-order chi connectivity index (χ1) is 9.72. The largest absolute Gasteiger partial charge is 0.465 e. The molecule has 0 N–H and O–H groups in total. The van der Waals surface area contributed by atoms with Gasteiger partial charge in [-0.05, 0) is 19.1 Å². The molecule has 0 spiro atoms. The van der Waals surface area contributed by atoms with Gasteiger partial charge in [0, 0.05) is 12.4 Å². The van der Waals surface area contributed by atoms with Crippen molar-refractivity contribution in [3.05, 3.63) is 47.0 Å². The summed E-state index contributed by atoms with van der Waals surface area (Å²) < 4.78 is 8.02. The van der Waals surface area contributed by atoms with E-state index in [1.54, 1.807) is 35.9 Å². The lowest BCUT2D eigenvalue weighted by atomic mass is 10.2. The Bertz CT molecular complexity index is 848. The summed E-state index contributed by atoms with van der Waals surface area (Å²) in [5.41, 5.74) is 0.525. The summed E-state index contributed by atoms with van der Waals surface area (Å²) in [4.78, 5) is 28.3. The highest BCUT2D eigenvalue weighted by molar-refractivity contribution is 5.81. The zero-order valence-electron chi connectivity index (χ0n) is 10.9. The molecule has 0 fully saturated rings. The van der Waals surface area contributed by atoms with E-state index in [0.29, 0.717) is 11.2 Å². The predicted octanol–water partition coefficient (Wildman–Crippen LogP) is 1.21. The van der Waals surface area contributed by atoms with Gasteiger partial charge in [-0.25, -0.2) is 4.98 Å². The molecule has 3 aromatic rings. The Kier molecular flexibility index (Phi) is 2.98. The third-order valence-corrected chi connectivity index (χ3v) is 3.09. The van der Waals surface area contributed by atoms with Gasteiger partial charge in [0.25, 0.3) is 5.56 Å². The Labute approximate surface area is 114 Å². The molecule has 20 heavy (non-hydrogen) atoms. The number of nitrogens with zero attached hydrogens (tertiary/aromatic N) is 3. The van der Waals surface area contributed by atoms with Gasteiger partial charge in [-0.1, -0.05) is 12.1 Å². The van der Waals surface area contributed by atoms with Crippen LogP contribution in [0.4, 0.5) is 0 Å². The number of aromatic nitrogens is 3. The van der Waals surface area contributed by atoms with E-state index in [0.717, 1.165) is 5.52 Å². The Hall–Kier alpha value is -2.63. The van der Waals surface area contributed by atoms with E-state index in [2.05, 4.69) is 4.98 Å². The first-order valence-corrected chi connectivity index (χ1v) is 6.32. The molecule has 0 saturated heterocycles. The number of hydrogen-bond donors (Lipinski definition) is 0. The lowest BCUT2D eigenvalue weighted by molar-refractivity contribution is -0.143.